The number of rotatable bonds is 7. The molecule has 0 radical (unpaired) electrons. The highest BCUT2D eigenvalue weighted by atomic mass is 19.4. The molecule has 0 amide bonds. The van der Waals surface area contributed by atoms with Gasteiger partial charge >= 0.3 is 6.18 Å². The zero-order valence-electron chi connectivity index (χ0n) is 21.6. The van der Waals surface area contributed by atoms with Crippen LogP contribution in [0.4, 0.5) is 22.0 Å². The van der Waals surface area contributed by atoms with Crippen LogP contribution in [0.1, 0.15) is 66.4 Å². The average molecular weight is 560 g/mol. The normalized spacial score (nSPS) is 19.9. The second-order valence-corrected chi connectivity index (χ2v) is 10.3. The first-order chi connectivity index (χ1) is 19.1. The second-order valence-electron chi connectivity index (χ2n) is 10.3. The van der Waals surface area contributed by atoms with E-state index in [9.17, 15) is 17.6 Å². The van der Waals surface area contributed by atoms with Crippen molar-refractivity contribution in [2.24, 2.45) is 0 Å². The lowest BCUT2D eigenvalue weighted by Gasteiger charge is -2.29. The summed E-state index contributed by atoms with van der Waals surface area (Å²) in [6, 6.07) is 5.38. The summed E-state index contributed by atoms with van der Waals surface area (Å²) in [4.78, 5) is 13.9. The molecular formula is C28H26F5N5O2. The van der Waals surface area contributed by atoms with Gasteiger partial charge < -0.3 is 9.47 Å². The van der Waals surface area contributed by atoms with Gasteiger partial charge in [0.25, 0.3) is 0 Å². The van der Waals surface area contributed by atoms with Crippen LogP contribution in [0.5, 0.6) is 0 Å². The Morgan fingerprint density at radius 1 is 1.07 bits per heavy atom. The number of pyridine rings is 1. The number of benzene rings is 1. The molecule has 2 fully saturated rings. The van der Waals surface area contributed by atoms with Gasteiger partial charge in [-0.25, -0.2) is 23.7 Å². The standard InChI is InChI=1S/C28H26F5N5O2/c1-15-24(13-39-14-28(31,32)33)37-27-23(35-15)10-22(36-26(27)20-5-2-18(29)9-21(20)30)16-6-7-40-25(8-16)17-11-34-38(12-17)19-3-4-19/h2,5,9-12,16,19,25H,3-4,6-8,13-14H2,1H3/t16-,25-/m1/s1. The molecule has 6 rings (SSSR count). The predicted octanol–water partition coefficient (Wildman–Crippen LogP) is 6.52. The minimum Gasteiger partial charge on any atom is -0.373 e. The molecule has 4 aromatic rings. The first kappa shape index (κ1) is 26.7. The third kappa shape index (κ3) is 5.68. The highest BCUT2D eigenvalue weighted by molar-refractivity contribution is 5.89. The third-order valence-corrected chi connectivity index (χ3v) is 7.25. The number of hydrogen-bond acceptors (Lipinski definition) is 6. The Morgan fingerprint density at radius 3 is 2.65 bits per heavy atom. The number of halogens is 5. The first-order valence-electron chi connectivity index (χ1n) is 13.1. The van der Waals surface area contributed by atoms with E-state index in [2.05, 4.69) is 15.1 Å². The molecule has 4 heterocycles. The van der Waals surface area contributed by atoms with Crippen molar-refractivity contribution in [3.8, 4) is 11.3 Å². The number of aryl methyl sites for hydroxylation is 1. The fourth-order valence-electron chi connectivity index (χ4n) is 5.03. The van der Waals surface area contributed by atoms with E-state index in [1.165, 1.54) is 6.07 Å². The van der Waals surface area contributed by atoms with Crippen molar-refractivity contribution >= 4 is 11.0 Å². The number of ether oxygens (including phenoxy) is 2. The molecule has 0 unspecified atom stereocenters. The molecule has 0 spiro atoms. The van der Waals surface area contributed by atoms with Crippen molar-refractivity contribution in [3.63, 3.8) is 0 Å². The van der Waals surface area contributed by atoms with Gasteiger partial charge in [-0.1, -0.05) is 0 Å². The molecule has 1 saturated carbocycles. The van der Waals surface area contributed by atoms with Crippen LogP contribution in [-0.4, -0.2) is 44.1 Å². The quantitative estimate of drug-likeness (QED) is 0.240. The molecule has 1 aliphatic carbocycles. The molecule has 3 aromatic heterocycles. The van der Waals surface area contributed by atoms with Gasteiger partial charge in [0.05, 0.1) is 41.9 Å². The van der Waals surface area contributed by atoms with Gasteiger partial charge in [-0.2, -0.15) is 18.3 Å². The Balaban J connectivity index is 1.37. The van der Waals surface area contributed by atoms with E-state index in [0.29, 0.717) is 42.4 Å². The van der Waals surface area contributed by atoms with Gasteiger partial charge in [-0.05, 0) is 50.8 Å². The summed E-state index contributed by atoms with van der Waals surface area (Å²) in [5.41, 5.74) is 2.96. The molecule has 7 nitrogen and oxygen atoms in total. The number of fused-ring (bicyclic) bond motifs is 1. The average Bonchev–Trinajstić information content (AvgIpc) is 3.64. The minimum atomic E-state index is -4.49. The Labute approximate surface area is 226 Å². The van der Waals surface area contributed by atoms with E-state index >= 15 is 4.39 Å². The van der Waals surface area contributed by atoms with Crippen LogP contribution in [-0.2, 0) is 16.1 Å². The van der Waals surface area contributed by atoms with Crippen molar-refractivity contribution < 1.29 is 31.4 Å². The Hall–Kier alpha value is -3.51. The number of nitrogens with zero attached hydrogens (tertiary/aromatic N) is 5. The van der Waals surface area contributed by atoms with Crippen LogP contribution in [0, 0.1) is 18.6 Å². The van der Waals surface area contributed by atoms with Gasteiger partial charge in [0.2, 0.25) is 0 Å². The van der Waals surface area contributed by atoms with E-state index in [0.717, 1.165) is 30.5 Å². The predicted molar refractivity (Wildman–Crippen MR) is 134 cm³/mol. The lowest BCUT2D eigenvalue weighted by Crippen LogP contribution is -2.20. The van der Waals surface area contributed by atoms with Gasteiger partial charge in [-0.15, -0.1) is 0 Å². The minimum absolute atomic E-state index is 0.0166. The Morgan fingerprint density at radius 2 is 1.90 bits per heavy atom. The second kappa shape index (κ2) is 10.5. The first-order valence-corrected chi connectivity index (χ1v) is 13.1. The van der Waals surface area contributed by atoms with Crippen molar-refractivity contribution in [1.29, 1.82) is 0 Å². The maximum atomic E-state index is 15.0. The summed E-state index contributed by atoms with van der Waals surface area (Å²) in [7, 11) is 0. The molecule has 0 N–H and O–H groups in total. The fraction of sp³-hybridized carbons (Fsp3) is 0.429. The molecule has 210 valence electrons. The molecule has 1 saturated heterocycles. The van der Waals surface area contributed by atoms with Crippen LogP contribution in [0.15, 0.2) is 36.7 Å². The smallest absolute Gasteiger partial charge is 0.373 e. The molecular weight excluding hydrogens is 533 g/mol. The lowest BCUT2D eigenvalue weighted by atomic mass is 9.89. The summed E-state index contributed by atoms with van der Waals surface area (Å²) in [6.07, 6.45) is 2.71. The van der Waals surface area contributed by atoms with Crippen LogP contribution in [0.25, 0.3) is 22.3 Å². The maximum Gasteiger partial charge on any atom is 0.411 e. The summed E-state index contributed by atoms with van der Waals surface area (Å²) in [5, 5.41) is 4.47. The molecule has 1 aliphatic heterocycles. The van der Waals surface area contributed by atoms with E-state index < -0.39 is 31.0 Å². The van der Waals surface area contributed by atoms with Crippen LogP contribution >= 0.6 is 0 Å². The Kier molecular flexibility index (Phi) is 6.99. The molecule has 2 aliphatic rings. The van der Waals surface area contributed by atoms with E-state index in [4.69, 9.17) is 14.5 Å². The third-order valence-electron chi connectivity index (χ3n) is 7.25. The zero-order chi connectivity index (χ0) is 28.0. The fourth-order valence-corrected chi connectivity index (χ4v) is 5.03. The summed E-state index contributed by atoms with van der Waals surface area (Å²) < 4.78 is 79.4. The summed E-state index contributed by atoms with van der Waals surface area (Å²) >= 11 is 0. The molecule has 12 heteroatoms. The summed E-state index contributed by atoms with van der Waals surface area (Å²) in [6.45, 7) is 0.244. The number of aromatic nitrogens is 5. The van der Waals surface area contributed by atoms with Gasteiger partial charge in [0.1, 0.15) is 29.5 Å². The van der Waals surface area contributed by atoms with Crippen molar-refractivity contribution in [1.82, 2.24) is 24.7 Å². The Bertz CT molecular complexity index is 1550. The summed E-state index contributed by atoms with van der Waals surface area (Å²) in [5.74, 6) is -1.63. The monoisotopic (exact) mass is 559 g/mol. The van der Waals surface area contributed by atoms with Crippen molar-refractivity contribution in [2.45, 2.75) is 63.5 Å². The van der Waals surface area contributed by atoms with E-state index in [1.807, 2.05) is 17.1 Å². The molecule has 2 atom stereocenters. The largest absolute Gasteiger partial charge is 0.411 e. The number of alkyl halides is 3. The van der Waals surface area contributed by atoms with E-state index in [1.54, 1.807) is 13.0 Å². The number of hydrogen-bond donors (Lipinski definition) is 0. The van der Waals surface area contributed by atoms with Gasteiger partial charge in [-0.3, -0.25) is 4.68 Å². The van der Waals surface area contributed by atoms with Crippen LogP contribution < -0.4 is 0 Å². The van der Waals surface area contributed by atoms with Crippen molar-refractivity contribution in [3.05, 3.63) is 70.9 Å². The molecule has 40 heavy (non-hydrogen) atoms. The SMILES string of the molecule is Cc1nc2cc([C@@H]3CCO[C@@H](c4cnn(C5CC5)c4)C3)nc(-c3ccc(F)cc3F)c2nc1COCC(F)(F)F. The maximum absolute atomic E-state index is 15.0. The van der Waals surface area contributed by atoms with Crippen molar-refractivity contribution in [2.75, 3.05) is 13.2 Å². The van der Waals surface area contributed by atoms with E-state index in [-0.39, 0.29) is 34.5 Å². The zero-order valence-corrected chi connectivity index (χ0v) is 21.6. The van der Waals surface area contributed by atoms with Gasteiger partial charge in [0.15, 0.2) is 0 Å². The van der Waals surface area contributed by atoms with Crippen LogP contribution in [0.2, 0.25) is 0 Å². The molecule has 0 bridgehead atoms. The highest BCUT2D eigenvalue weighted by Gasteiger charge is 2.31. The van der Waals surface area contributed by atoms with Gasteiger partial charge in [0, 0.05) is 41.6 Å². The van der Waals surface area contributed by atoms with Crippen LogP contribution in [0.3, 0.4) is 0 Å². The highest BCUT2D eigenvalue weighted by Crippen LogP contribution is 2.40. The molecule has 1 aromatic carbocycles. The topological polar surface area (TPSA) is 75.0 Å². The lowest BCUT2D eigenvalue weighted by molar-refractivity contribution is -0.176.